The Balaban J connectivity index is 1.70. The second-order valence-electron chi connectivity index (χ2n) is 6.45. The number of fused-ring (bicyclic) bond motifs is 1. The first-order chi connectivity index (χ1) is 13.5. The third kappa shape index (κ3) is 4.37. The number of urea groups is 1. The van der Waals surface area contributed by atoms with E-state index < -0.39 is 24.6 Å². The van der Waals surface area contributed by atoms with E-state index in [1.807, 2.05) is 54.6 Å². The van der Waals surface area contributed by atoms with Gasteiger partial charge in [0.1, 0.15) is 6.04 Å². The average molecular weight is 379 g/mol. The number of amides is 2. The van der Waals surface area contributed by atoms with Crippen molar-refractivity contribution in [3.05, 3.63) is 71.4 Å². The van der Waals surface area contributed by atoms with E-state index >= 15 is 0 Å². The van der Waals surface area contributed by atoms with Crippen molar-refractivity contribution in [2.24, 2.45) is 5.73 Å². The third-order valence-electron chi connectivity index (χ3n) is 4.40. The lowest BCUT2D eigenvalue weighted by Crippen LogP contribution is -2.46. The predicted molar refractivity (Wildman–Crippen MR) is 105 cm³/mol. The number of ether oxygens (including phenoxy) is 1. The van der Waals surface area contributed by atoms with Crippen molar-refractivity contribution >= 4 is 28.7 Å². The Morgan fingerprint density at radius 3 is 2.46 bits per heavy atom. The van der Waals surface area contributed by atoms with Crippen molar-refractivity contribution in [3.8, 4) is 0 Å². The van der Waals surface area contributed by atoms with Crippen LogP contribution in [0.3, 0.4) is 0 Å². The zero-order chi connectivity index (χ0) is 20.1. The fourth-order valence-electron chi connectivity index (χ4n) is 3.16. The number of nitrogens with one attached hydrogen (secondary N) is 2. The van der Waals surface area contributed by atoms with Gasteiger partial charge in [0.05, 0.1) is 0 Å². The Kier molecular flexibility index (Phi) is 5.74. The second kappa shape index (κ2) is 8.39. The molecule has 0 unspecified atom stereocenters. The summed E-state index contributed by atoms with van der Waals surface area (Å²) in [5.74, 6) is -1.03. The van der Waals surface area contributed by atoms with E-state index in [0.29, 0.717) is 11.3 Å². The SMILES string of the molecule is Cc1[nH]c2ccccc2c1C(=O)COC(=O)[C@H](Cc1ccccc1)NC(N)=O. The van der Waals surface area contributed by atoms with Gasteiger partial charge in [-0.2, -0.15) is 0 Å². The van der Waals surface area contributed by atoms with Crippen LogP contribution in [0.5, 0.6) is 0 Å². The number of Topliss-reactive ketones (excluding diaryl/α,β-unsaturated/α-hetero) is 1. The van der Waals surface area contributed by atoms with Gasteiger partial charge in [0, 0.05) is 28.6 Å². The minimum absolute atomic E-state index is 0.211. The number of esters is 1. The molecule has 0 bridgehead atoms. The summed E-state index contributed by atoms with van der Waals surface area (Å²) in [6, 6.07) is 14.7. The molecule has 0 saturated carbocycles. The Morgan fingerprint density at radius 1 is 1.07 bits per heavy atom. The highest BCUT2D eigenvalue weighted by atomic mass is 16.5. The molecule has 0 radical (unpaired) electrons. The number of aromatic nitrogens is 1. The number of carbonyl (C=O) groups is 3. The lowest BCUT2D eigenvalue weighted by Gasteiger charge is -2.16. The molecule has 7 heteroatoms. The normalized spacial score (nSPS) is 11.8. The second-order valence-corrected chi connectivity index (χ2v) is 6.45. The number of primary amides is 1. The summed E-state index contributed by atoms with van der Waals surface area (Å²) in [6.45, 7) is 1.37. The van der Waals surface area contributed by atoms with E-state index in [0.717, 1.165) is 16.5 Å². The molecular formula is C21H21N3O4. The van der Waals surface area contributed by atoms with Crippen LogP contribution in [0.15, 0.2) is 54.6 Å². The van der Waals surface area contributed by atoms with Crippen LogP contribution in [0.25, 0.3) is 10.9 Å². The fraction of sp³-hybridized carbons (Fsp3) is 0.190. The number of para-hydroxylation sites is 1. The molecule has 0 aliphatic rings. The molecule has 2 amide bonds. The van der Waals surface area contributed by atoms with E-state index in [1.165, 1.54) is 0 Å². The molecule has 4 N–H and O–H groups in total. The third-order valence-corrected chi connectivity index (χ3v) is 4.40. The Hall–Kier alpha value is -3.61. The van der Waals surface area contributed by atoms with Gasteiger partial charge in [0.2, 0.25) is 5.78 Å². The quantitative estimate of drug-likeness (QED) is 0.432. The predicted octanol–water partition coefficient (Wildman–Crippen LogP) is 2.48. The van der Waals surface area contributed by atoms with E-state index in [-0.39, 0.29) is 12.2 Å². The number of rotatable bonds is 7. The number of nitrogens with two attached hydrogens (primary N) is 1. The zero-order valence-electron chi connectivity index (χ0n) is 15.4. The first-order valence-corrected chi connectivity index (χ1v) is 8.82. The van der Waals surface area contributed by atoms with Crippen LogP contribution in [0.1, 0.15) is 21.6 Å². The molecule has 0 fully saturated rings. The molecule has 1 atom stereocenters. The van der Waals surface area contributed by atoms with Gasteiger partial charge in [-0.1, -0.05) is 48.5 Å². The smallest absolute Gasteiger partial charge is 0.329 e. The van der Waals surface area contributed by atoms with Crippen molar-refractivity contribution in [2.45, 2.75) is 19.4 Å². The molecule has 1 heterocycles. The molecule has 3 aromatic rings. The number of ketones is 1. The van der Waals surface area contributed by atoms with Crippen LogP contribution in [0.2, 0.25) is 0 Å². The van der Waals surface area contributed by atoms with Gasteiger partial charge in [-0.15, -0.1) is 0 Å². The first kappa shape index (κ1) is 19.2. The van der Waals surface area contributed by atoms with Gasteiger partial charge in [0.25, 0.3) is 0 Å². The number of aryl methyl sites for hydroxylation is 1. The summed E-state index contributed by atoms with van der Waals surface area (Å²) < 4.78 is 5.19. The summed E-state index contributed by atoms with van der Waals surface area (Å²) in [4.78, 5) is 39.5. The van der Waals surface area contributed by atoms with Gasteiger partial charge in [-0.05, 0) is 18.6 Å². The van der Waals surface area contributed by atoms with E-state index in [1.54, 1.807) is 6.92 Å². The summed E-state index contributed by atoms with van der Waals surface area (Å²) in [5.41, 5.74) is 8.04. The number of aromatic amines is 1. The molecule has 0 spiro atoms. The monoisotopic (exact) mass is 379 g/mol. The van der Waals surface area contributed by atoms with Crippen molar-refractivity contribution < 1.29 is 19.1 Å². The summed E-state index contributed by atoms with van der Waals surface area (Å²) in [7, 11) is 0. The van der Waals surface area contributed by atoms with Gasteiger partial charge >= 0.3 is 12.0 Å². The minimum Gasteiger partial charge on any atom is -0.456 e. The lowest BCUT2D eigenvalue weighted by atomic mass is 10.1. The maximum atomic E-state index is 12.6. The molecule has 1 aromatic heterocycles. The lowest BCUT2D eigenvalue weighted by molar-refractivity contribution is -0.144. The van der Waals surface area contributed by atoms with Crippen molar-refractivity contribution in [3.63, 3.8) is 0 Å². The summed E-state index contributed by atoms with van der Waals surface area (Å²) >= 11 is 0. The van der Waals surface area contributed by atoms with Crippen LogP contribution in [-0.4, -0.2) is 35.4 Å². The maximum Gasteiger partial charge on any atom is 0.329 e. The zero-order valence-corrected chi connectivity index (χ0v) is 15.4. The molecule has 0 aliphatic carbocycles. The molecule has 144 valence electrons. The van der Waals surface area contributed by atoms with Crippen LogP contribution >= 0.6 is 0 Å². The minimum atomic E-state index is -0.975. The number of H-pyrrole nitrogens is 1. The summed E-state index contributed by atoms with van der Waals surface area (Å²) in [6.07, 6.45) is 0.211. The van der Waals surface area contributed by atoms with Gasteiger partial charge in [-0.3, -0.25) is 4.79 Å². The molecule has 0 aliphatic heterocycles. The molecule has 3 rings (SSSR count). The van der Waals surface area contributed by atoms with Crippen LogP contribution in [0.4, 0.5) is 4.79 Å². The topological polar surface area (TPSA) is 114 Å². The molecule has 28 heavy (non-hydrogen) atoms. The van der Waals surface area contributed by atoms with E-state index in [9.17, 15) is 14.4 Å². The van der Waals surface area contributed by atoms with Crippen molar-refractivity contribution in [1.82, 2.24) is 10.3 Å². The van der Waals surface area contributed by atoms with Gasteiger partial charge < -0.3 is 20.8 Å². The number of hydrogen-bond donors (Lipinski definition) is 3. The molecule has 2 aromatic carbocycles. The van der Waals surface area contributed by atoms with Crippen LogP contribution in [0, 0.1) is 6.92 Å². The Labute approximate surface area is 161 Å². The standard InChI is InChI=1S/C21H21N3O4/c1-13-19(15-9-5-6-10-16(15)23-13)18(25)12-28-20(26)17(24-21(22)27)11-14-7-3-2-4-8-14/h2-10,17,23H,11-12H2,1H3,(H3,22,24,27)/t17-/m0/s1. The number of hydrogen-bond acceptors (Lipinski definition) is 4. The Morgan fingerprint density at radius 2 is 1.75 bits per heavy atom. The summed E-state index contributed by atoms with van der Waals surface area (Å²) in [5, 5.41) is 3.15. The van der Waals surface area contributed by atoms with Crippen LogP contribution in [-0.2, 0) is 16.0 Å². The van der Waals surface area contributed by atoms with Crippen molar-refractivity contribution in [1.29, 1.82) is 0 Å². The van der Waals surface area contributed by atoms with E-state index in [2.05, 4.69) is 10.3 Å². The number of carbonyl (C=O) groups excluding carboxylic acids is 3. The first-order valence-electron chi connectivity index (χ1n) is 8.82. The molecule has 0 saturated heterocycles. The highest BCUT2D eigenvalue weighted by Crippen LogP contribution is 2.22. The van der Waals surface area contributed by atoms with E-state index in [4.69, 9.17) is 10.5 Å². The highest BCUT2D eigenvalue weighted by molar-refractivity contribution is 6.10. The molecular weight excluding hydrogens is 358 g/mol. The number of benzene rings is 2. The Bertz CT molecular complexity index is 1010. The fourth-order valence-corrected chi connectivity index (χ4v) is 3.16. The van der Waals surface area contributed by atoms with Crippen LogP contribution < -0.4 is 11.1 Å². The van der Waals surface area contributed by atoms with Gasteiger partial charge in [0.15, 0.2) is 6.61 Å². The molecule has 7 nitrogen and oxygen atoms in total. The van der Waals surface area contributed by atoms with Crippen molar-refractivity contribution in [2.75, 3.05) is 6.61 Å². The highest BCUT2D eigenvalue weighted by Gasteiger charge is 2.24. The largest absolute Gasteiger partial charge is 0.456 e. The average Bonchev–Trinajstić information content (AvgIpc) is 3.01. The van der Waals surface area contributed by atoms with Gasteiger partial charge in [-0.25, -0.2) is 9.59 Å². The maximum absolute atomic E-state index is 12.6.